The molecule has 0 aliphatic carbocycles. The summed E-state index contributed by atoms with van der Waals surface area (Å²) in [6.45, 7) is 4.50. The summed E-state index contributed by atoms with van der Waals surface area (Å²) in [7, 11) is -3.62. The lowest BCUT2D eigenvalue weighted by molar-refractivity contribution is 0.131. The second kappa shape index (κ2) is 8.62. The van der Waals surface area contributed by atoms with E-state index >= 15 is 0 Å². The fourth-order valence-corrected chi connectivity index (χ4v) is 2.90. The third kappa shape index (κ3) is 5.46. The molecule has 2 atom stereocenters. The van der Waals surface area contributed by atoms with E-state index in [4.69, 9.17) is 14.2 Å². The van der Waals surface area contributed by atoms with Crippen molar-refractivity contribution in [2.24, 2.45) is 0 Å². The lowest BCUT2D eigenvalue weighted by Gasteiger charge is -2.20. The van der Waals surface area contributed by atoms with Gasteiger partial charge in [-0.25, -0.2) is 0 Å². The minimum Gasteiger partial charge on any atom is -0.393 e. The summed E-state index contributed by atoms with van der Waals surface area (Å²) in [5.74, 6) is 0. The lowest BCUT2D eigenvalue weighted by atomic mass is 10.3. The normalized spacial score (nSPS) is 14.8. The molecule has 0 aromatic heterocycles. The highest BCUT2D eigenvalue weighted by Crippen LogP contribution is 2.56. The van der Waals surface area contributed by atoms with Crippen LogP contribution in [0.1, 0.15) is 20.8 Å². The summed E-state index contributed by atoms with van der Waals surface area (Å²) in [6, 6.07) is 0. The molecule has 0 amide bonds. The first kappa shape index (κ1) is 17.6. The van der Waals surface area contributed by atoms with Crippen molar-refractivity contribution in [3.63, 3.8) is 0 Å². The van der Waals surface area contributed by atoms with Crippen LogP contribution >= 0.6 is 7.60 Å². The van der Waals surface area contributed by atoms with Gasteiger partial charge in [0.15, 0.2) is 0 Å². The highest BCUT2D eigenvalue weighted by Gasteiger charge is 2.32. The first-order valence-corrected chi connectivity index (χ1v) is 7.28. The van der Waals surface area contributed by atoms with Gasteiger partial charge in [-0.1, -0.05) is 0 Å². The summed E-state index contributed by atoms with van der Waals surface area (Å²) in [5, 5.41) is 27.4. The maximum atomic E-state index is 12.4. The SMILES string of the molecule is CCOP(=O)(OCC)C(=C=C[C@@H](O)CO)C(C)O. The average molecular weight is 280 g/mol. The van der Waals surface area contributed by atoms with Crippen LogP contribution in [0.3, 0.4) is 0 Å². The molecule has 0 rings (SSSR count). The summed E-state index contributed by atoms with van der Waals surface area (Å²) in [6.07, 6.45) is -1.14. The zero-order valence-electron chi connectivity index (χ0n) is 10.9. The van der Waals surface area contributed by atoms with Crippen molar-refractivity contribution in [1.82, 2.24) is 0 Å². The molecule has 0 aromatic rings. The molecule has 0 bridgehead atoms. The Bertz CT molecular complexity index is 335. The molecule has 7 heteroatoms. The van der Waals surface area contributed by atoms with Gasteiger partial charge in [0.1, 0.15) is 11.4 Å². The summed E-state index contributed by atoms with van der Waals surface area (Å²) in [5.41, 5.74) is 2.50. The third-order valence-electron chi connectivity index (χ3n) is 1.90. The summed E-state index contributed by atoms with van der Waals surface area (Å²) >= 11 is 0. The van der Waals surface area contributed by atoms with E-state index in [0.29, 0.717) is 0 Å². The molecular formula is C11H21O6P. The van der Waals surface area contributed by atoms with Crippen LogP contribution in [0.4, 0.5) is 0 Å². The zero-order chi connectivity index (χ0) is 14.2. The van der Waals surface area contributed by atoms with E-state index in [1.165, 1.54) is 6.92 Å². The number of rotatable bonds is 8. The predicted molar refractivity (Wildman–Crippen MR) is 67.2 cm³/mol. The van der Waals surface area contributed by atoms with Crippen LogP contribution in [0.25, 0.3) is 0 Å². The Kier molecular flexibility index (Phi) is 8.40. The van der Waals surface area contributed by atoms with Crippen molar-refractivity contribution < 1.29 is 28.9 Å². The van der Waals surface area contributed by atoms with Gasteiger partial charge in [-0.2, -0.15) is 0 Å². The van der Waals surface area contributed by atoms with Gasteiger partial charge >= 0.3 is 7.60 Å². The van der Waals surface area contributed by atoms with Crippen LogP contribution < -0.4 is 0 Å². The molecule has 6 nitrogen and oxygen atoms in total. The Hall–Kier alpha value is -0.450. The van der Waals surface area contributed by atoms with Crippen LogP contribution in [0.5, 0.6) is 0 Å². The Labute approximate surface area is 107 Å². The van der Waals surface area contributed by atoms with Gasteiger partial charge in [-0.3, -0.25) is 4.57 Å². The first-order valence-electron chi connectivity index (χ1n) is 5.74. The van der Waals surface area contributed by atoms with E-state index < -0.39 is 26.4 Å². The van der Waals surface area contributed by atoms with Gasteiger partial charge < -0.3 is 24.4 Å². The molecular weight excluding hydrogens is 259 g/mol. The molecule has 0 aliphatic heterocycles. The van der Waals surface area contributed by atoms with Gasteiger partial charge in [0, 0.05) is 0 Å². The van der Waals surface area contributed by atoms with Crippen molar-refractivity contribution in [1.29, 1.82) is 0 Å². The molecule has 3 N–H and O–H groups in total. The van der Waals surface area contributed by atoms with Crippen LogP contribution in [-0.2, 0) is 13.6 Å². The van der Waals surface area contributed by atoms with Crippen LogP contribution in [0, 0.1) is 0 Å². The van der Waals surface area contributed by atoms with Gasteiger partial charge in [-0.15, -0.1) is 5.73 Å². The van der Waals surface area contributed by atoms with Gasteiger partial charge in [0.05, 0.1) is 25.9 Å². The smallest absolute Gasteiger partial charge is 0.367 e. The highest BCUT2D eigenvalue weighted by atomic mass is 31.2. The molecule has 106 valence electrons. The van der Waals surface area contributed by atoms with Gasteiger partial charge in [0.25, 0.3) is 0 Å². The molecule has 0 aromatic carbocycles. The molecule has 0 heterocycles. The van der Waals surface area contributed by atoms with Crippen LogP contribution in [-0.4, -0.2) is 47.3 Å². The predicted octanol–water partition coefficient (Wildman–Crippen LogP) is 1.03. The minimum absolute atomic E-state index is 0.0706. The van der Waals surface area contributed by atoms with E-state index in [1.54, 1.807) is 13.8 Å². The Morgan fingerprint density at radius 2 is 1.83 bits per heavy atom. The van der Waals surface area contributed by atoms with Crippen molar-refractivity contribution in [2.45, 2.75) is 33.0 Å². The number of hydrogen-bond acceptors (Lipinski definition) is 6. The molecule has 0 spiro atoms. The average Bonchev–Trinajstić information content (AvgIpc) is 2.28. The molecule has 1 unspecified atom stereocenters. The summed E-state index contributed by atoms with van der Waals surface area (Å²) < 4.78 is 22.5. The molecule has 0 aliphatic rings. The lowest BCUT2D eigenvalue weighted by Crippen LogP contribution is -2.10. The van der Waals surface area contributed by atoms with E-state index in [2.05, 4.69) is 5.73 Å². The van der Waals surface area contributed by atoms with Crippen molar-refractivity contribution in [3.8, 4) is 0 Å². The molecule has 0 radical (unpaired) electrons. The quantitative estimate of drug-likeness (QED) is 0.454. The Morgan fingerprint density at radius 3 is 2.17 bits per heavy atom. The van der Waals surface area contributed by atoms with E-state index in [1.807, 2.05) is 0 Å². The Morgan fingerprint density at radius 1 is 1.33 bits per heavy atom. The standard InChI is InChI=1S/C11H21O6P/c1-4-16-18(15,17-5-2)11(9(3)13)7-6-10(14)8-12/h6,9-10,12-14H,4-5,8H2,1-3H3/t7?,9?,10-/m1/s1. The number of hydrogen-bond donors (Lipinski definition) is 3. The maximum absolute atomic E-state index is 12.4. The number of aliphatic hydroxyl groups excluding tert-OH is 3. The van der Waals surface area contributed by atoms with Crippen molar-refractivity contribution >= 4 is 7.60 Å². The molecule has 0 saturated heterocycles. The molecule has 0 fully saturated rings. The second-order valence-corrected chi connectivity index (χ2v) is 5.45. The Balaban J connectivity index is 5.42. The fraction of sp³-hybridized carbons (Fsp3) is 0.727. The highest BCUT2D eigenvalue weighted by molar-refractivity contribution is 7.58. The molecule has 18 heavy (non-hydrogen) atoms. The van der Waals surface area contributed by atoms with E-state index in [-0.39, 0.29) is 18.5 Å². The largest absolute Gasteiger partial charge is 0.393 e. The van der Waals surface area contributed by atoms with Crippen LogP contribution in [0.2, 0.25) is 0 Å². The maximum Gasteiger partial charge on any atom is 0.367 e. The fourth-order valence-electron chi connectivity index (χ4n) is 1.18. The topological polar surface area (TPSA) is 96.2 Å². The van der Waals surface area contributed by atoms with Crippen molar-refractivity contribution in [2.75, 3.05) is 19.8 Å². The first-order chi connectivity index (χ1) is 8.41. The minimum atomic E-state index is -3.62. The van der Waals surface area contributed by atoms with Crippen molar-refractivity contribution in [3.05, 3.63) is 17.1 Å². The van der Waals surface area contributed by atoms with Crippen LogP contribution in [0.15, 0.2) is 17.1 Å². The second-order valence-electron chi connectivity index (χ2n) is 3.46. The van der Waals surface area contributed by atoms with Gasteiger partial charge in [-0.05, 0) is 26.8 Å². The number of aliphatic hydroxyl groups is 3. The zero-order valence-corrected chi connectivity index (χ0v) is 11.8. The van der Waals surface area contributed by atoms with E-state index in [9.17, 15) is 14.8 Å². The summed E-state index contributed by atoms with van der Waals surface area (Å²) in [4.78, 5) is 0. The third-order valence-corrected chi connectivity index (χ3v) is 4.19. The van der Waals surface area contributed by atoms with Gasteiger partial charge in [0.2, 0.25) is 0 Å². The monoisotopic (exact) mass is 280 g/mol. The molecule has 0 saturated carbocycles. The van der Waals surface area contributed by atoms with E-state index in [0.717, 1.165) is 6.08 Å².